The van der Waals surface area contributed by atoms with Gasteiger partial charge in [0, 0.05) is 26.2 Å². The lowest BCUT2D eigenvalue weighted by molar-refractivity contribution is -0.128. The minimum Gasteiger partial charge on any atom is -0.354 e. The molecule has 1 aliphatic rings. The van der Waals surface area contributed by atoms with Gasteiger partial charge in [-0.3, -0.25) is 9.59 Å². The van der Waals surface area contributed by atoms with E-state index in [1.807, 2.05) is 36.5 Å². The lowest BCUT2D eigenvalue weighted by Gasteiger charge is -2.38. The van der Waals surface area contributed by atoms with Crippen LogP contribution in [-0.4, -0.2) is 61.9 Å². The van der Waals surface area contributed by atoms with E-state index in [2.05, 4.69) is 5.32 Å². The molecule has 0 radical (unpaired) electrons. The largest absolute Gasteiger partial charge is 0.354 e. The van der Waals surface area contributed by atoms with Crippen LogP contribution in [0, 0.1) is 5.92 Å². The van der Waals surface area contributed by atoms with Crippen molar-refractivity contribution in [2.24, 2.45) is 5.92 Å². The first-order chi connectivity index (χ1) is 9.08. The summed E-state index contributed by atoms with van der Waals surface area (Å²) in [6.45, 7) is 2.55. The van der Waals surface area contributed by atoms with E-state index < -0.39 is 0 Å². The van der Waals surface area contributed by atoms with Crippen molar-refractivity contribution in [1.82, 2.24) is 15.1 Å². The molecule has 1 saturated heterocycles. The van der Waals surface area contributed by atoms with Crippen molar-refractivity contribution in [3.8, 4) is 0 Å². The van der Waals surface area contributed by atoms with Crippen molar-refractivity contribution in [3.63, 3.8) is 0 Å². The second-order valence-corrected chi connectivity index (χ2v) is 5.93. The first-order valence-corrected chi connectivity index (χ1v) is 7.21. The minimum absolute atomic E-state index is 0.0346. The third-order valence-corrected chi connectivity index (χ3v) is 3.99. The summed E-state index contributed by atoms with van der Waals surface area (Å²) >= 11 is 1.44. The van der Waals surface area contributed by atoms with Gasteiger partial charge in [-0.1, -0.05) is 6.07 Å². The fraction of sp³-hybridized carbons (Fsp3) is 0.538. The Labute approximate surface area is 117 Å². The van der Waals surface area contributed by atoms with Crippen LogP contribution in [0.1, 0.15) is 9.67 Å². The zero-order chi connectivity index (χ0) is 13.8. The molecule has 2 heterocycles. The number of carbonyl (C=O) groups is 2. The Kier molecular flexibility index (Phi) is 4.55. The quantitative estimate of drug-likeness (QED) is 0.855. The number of hydrogen-bond donors (Lipinski definition) is 1. The number of rotatable bonds is 5. The lowest BCUT2D eigenvalue weighted by atomic mass is 9.99. The molecule has 1 aromatic rings. The third kappa shape index (κ3) is 3.54. The van der Waals surface area contributed by atoms with Gasteiger partial charge in [-0.05, 0) is 25.5 Å². The number of carbonyl (C=O) groups excluding carboxylic acids is 2. The van der Waals surface area contributed by atoms with E-state index in [0.717, 1.165) is 11.4 Å². The second kappa shape index (κ2) is 6.16. The van der Waals surface area contributed by atoms with Gasteiger partial charge >= 0.3 is 0 Å². The molecule has 1 aliphatic heterocycles. The fourth-order valence-corrected chi connectivity index (χ4v) is 2.60. The van der Waals surface area contributed by atoms with Crippen molar-refractivity contribution in [1.29, 1.82) is 0 Å². The molecule has 2 amide bonds. The Morgan fingerprint density at radius 3 is 2.79 bits per heavy atom. The predicted molar refractivity (Wildman–Crippen MR) is 75.3 cm³/mol. The average molecular weight is 281 g/mol. The second-order valence-electron chi connectivity index (χ2n) is 4.98. The van der Waals surface area contributed by atoms with Crippen LogP contribution in [0.15, 0.2) is 17.5 Å². The Morgan fingerprint density at radius 2 is 2.21 bits per heavy atom. The Balaban J connectivity index is 1.71. The zero-order valence-electron chi connectivity index (χ0n) is 11.3. The van der Waals surface area contributed by atoms with Crippen LogP contribution >= 0.6 is 11.3 Å². The van der Waals surface area contributed by atoms with Crippen LogP contribution in [0.2, 0.25) is 0 Å². The van der Waals surface area contributed by atoms with Crippen molar-refractivity contribution < 1.29 is 9.59 Å². The molecule has 0 bridgehead atoms. The number of thiophene rings is 1. The topological polar surface area (TPSA) is 52.7 Å². The molecule has 0 spiro atoms. The number of hydrogen-bond acceptors (Lipinski definition) is 4. The monoisotopic (exact) mass is 281 g/mol. The van der Waals surface area contributed by atoms with Crippen LogP contribution in [0.25, 0.3) is 0 Å². The molecule has 1 aromatic heterocycles. The molecule has 0 unspecified atom stereocenters. The van der Waals surface area contributed by atoms with E-state index in [1.54, 1.807) is 4.90 Å². The molecule has 6 heteroatoms. The van der Waals surface area contributed by atoms with Gasteiger partial charge in [0.05, 0.1) is 10.8 Å². The molecule has 2 rings (SSSR count). The van der Waals surface area contributed by atoms with E-state index in [-0.39, 0.29) is 17.7 Å². The van der Waals surface area contributed by atoms with Crippen LogP contribution in [0.4, 0.5) is 0 Å². The molecular weight excluding hydrogens is 262 g/mol. The molecule has 5 nitrogen and oxygen atoms in total. The molecule has 19 heavy (non-hydrogen) atoms. The number of amides is 2. The summed E-state index contributed by atoms with van der Waals surface area (Å²) in [5, 5.41) is 4.78. The standard InChI is InChI=1S/C13H19N3O2S/c1-15(2)6-5-14-12(17)10-8-16(9-10)13(18)11-4-3-7-19-11/h3-4,7,10H,5-6,8-9H2,1-2H3,(H,14,17). The Hall–Kier alpha value is -1.40. The number of likely N-dealkylation sites (tertiary alicyclic amines) is 1. The SMILES string of the molecule is CN(C)CCNC(=O)C1CN(C(=O)c2cccs2)C1. The molecule has 1 fully saturated rings. The normalized spacial score (nSPS) is 15.4. The Morgan fingerprint density at radius 1 is 1.47 bits per heavy atom. The number of nitrogens with zero attached hydrogens (tertiary/aromatic N) is 2. The average Bonchev–Trinajstić information content (AvgIpc) is 2.79. The first kappa shape index (κ1) is 14.0. The molecule has 0 atom stereocenters. The predicted octanol–water partition coefficient (Wildman–Crippen LogP) is 0.498. The lowest BCUT2D eigenvalue weighted by Crippen LogP contribution is -2.56. The van der Waals surface area contributed by atoms with Gasteiger partial charge < -0.3 is 15.1 Å². The summed E-state index contributed by atoms with van der Waals surface area (Å²) in [4.78, 5) is 28.2. The van der Waals surface area contributed by atoms with Gasteiger partial charge in [0.1, 0.15) is 0 Å². The molecule has 1 N–H and O–H groups in total. The van der Waals surface area contributed by atoms with E-state index in [1.165, 1.54) is 11.3 Å². The minimum atomic E-state index is -0.0499. The fourth-order valence-electron chi connectivity index (χ4n) is 1.91. The highest BCUT2D eigenvalue weighted by Crippen LogP contribution is 2.20. The van der Waals surface area contributed by atoms with Crippen molar-refractivity contribution in [2.45, 2.75) is 0 Å². The first-order valence-electron chi connectivity index (χ1n) is 6.33. The smallest absolute Gasteiger partial charge is 0.263 e. The van der Waals surface area contributed by atoms with Gasteiger partial charge in [0.2, 0.25) is 5.91 Å². The summed E-state index contributed by atoms with van der Waals surface area (Å²) in [6.07, 6.45) is 0. The van der Waals surface area contributed by atoms with Crippen LogP contribution in [0.3, 0.4) is 0 Å². The zero-order valence-corrected chi connectivity index (χ0v) is 12.1. The summed E-state index contributed by atoms with van der Waals surface area (Å²) < 4.78 is 0. The van der Waals surface area contributed by atoms with E-state index in [4.69, 9.17) is 0 Å². The maximum Gasteiger partial charge on any atom is 0.263 e. The molecule has 0 aromatic carbocycles. The van der Waals surface area contributed by atoms with Gasteiger partial charge in [-0.2, -0.15) is 0 Å². The van der Waals surface area contributed by atoms with Crippen LogP contribution < -0.4 is 5.32 Å². The summed E-state index contributed by atoms with van der Waals surface area (Å²) in [7, 11) is 3.94. The van der Waals surface area contributed by atoms with E-state index in [9.17, 15) is 9.59 Å². The molecule has 104 valence electrons. The number of nitrogens with one attached hydrogen (secondary N) is 1. The molecular formula is C13H19N3O2S. The van der Waals surface area contributed by atoms with Gasteiger partial charge in [-0.15, -0.1) is 11.3 Å². The van der Waals surface area contributed by atoms with Crippen LogP contribution in [-0.2, 0) is 4.79 Å². The third-order valence-electron chi connectivity index (χ3n) is 3.13. The van der Waals surface area contributed by atoms with Gasteiger partial charge in [-0.25, -0.2) is 0 Å². The van der Waals surface area contributed by atoms with Gasteiger partial charge in [0.15, 0.2) is 0 Å². The van der Waals surface area contributed by atoms with Crippen molar-refractivity contribution in [3.05, 3.63) is 22.4 Å². The van der Waals surface area contributed by atoms with Crippen LogP contribution in [0.5, 0.6) is 0 Å². The van der Waals surface area contributed by atoms with E-state index >= 15 is 0 Å². The van der Waals surface area contributed by atoms with E-state index in [0.29, 0.717) is 19.6 Å². The highest BCUT2D eigenvalue weighted by Gasteiger charge is 2.36. The summed E-state index contributed by atoms with van der Waals surface area (Å²) in [6, 6.07) is 3.68. The summed E-state index contributed by atoms with van der Waals surface area (Å²) in [5.74, 6) is 0.0375. The number of likely N-dealkylation sites (N-methyl/N-ethyl adjacent to an activating group) is 1. The maximum absolute atomic E-state index is 12.0. The van der Waals surface area contributed by atoms with Crippen molar-refractivity contribution in [2.75, 3.05) is 40.3 Å². The van der Waals surface area contributed by atoms with Crippen molar-refractivity contribution >= 4 is 23.2 Å². The molecule has 0 saturated carbocycles. The summed E-state index contributed by atoms with van der Waals surface area (Å²) in [5.41, 5.74) is 0. The highest BCUT2D eigenvalue weighted by molar-refractivity contribution is 7.12. The highest BCUT2D eigenvalue weighted by atomic mass is 32.1. The van der Waals surface area contributed by atoms with Gasteiger partial charge in [0.25, 0.3) is 5.91 Å². The molecule has 0 aliphatic carbocycles. The maximum atomic E-state index is 12.0. The Bertz CT molecular complexity index is 439.